The maximum absolute atomic E-state index is 6.66. The molecule has 0 bridgehead atoms. The summed E-state index contributed by atoms with van der Waals surface area (Å²) in [6, 6.07) is 34.4. The molecule has 7 aromatic rings. The van der Waals surface area contributed by atoms with Gasteiger partial charge in [0.15, 0.2) is 0 Å². The monoisotopic (exact) mass is 766 g/mol. The molecule has 0 atom stereocenters. The first-order valence-electron chi connectivity index (χ1n) is 17.8. The molecule has 7 rings (SSSR count). The number of hydrogen-bond donors (Lipinski definition) is 0. The number of ether oxygens (including phenoxy) is 2. The number of fused-ring (bicyclic) bond motifs is 3. The average Bonchev–Trinajstić information content (AvgIpc) is 3.63. The molecule has 0 unspecified atom stereocenters. The van der Waals surface area contributed by atoms with E-state index in [2.05, 4.69) is 111 Å². The van der Waals surface area contributed by atoms with E-state index < -0.39 is 0 Å². The molecule has 262 valence electrons. The van der Waals surface area contributed by atoms with Gasteiger partial charge >= 0.3 is 20.4 Å². The number of nitrogens with zero attached hydrogens (tertiary/aromatic N) is 4. The first-order chi connectivity index (χ1) is 24.4. The fraction of sp³-hybridized carbons (Fsp3) is 0.273. The van der Waals surface area contributed by atoms with Crippen LogP contribution in [0.25, 0.3) is 44.4 Å². The number of hydrogen-bond acceptors (Lipinski definition) is 4. The van der Waals surface area contributed by atoms with Gasteiger partial charge in [0.25, 0.3) is 0 Å². The molecule has 0 amide bonds. The van der Waals surface area contributed by atoms with Gasteiger partial charge in [-0.05, 0) is 66.6 Å². The fourth-order valence-corrected chi connectivity index (χ4v) is 7.20. The average molecular weight is 767 g/mol. The Morgan fingerprint density at radius 2 is 1.49 bits per heavy atom. The fourth-order valence-electron chi connectivity index (χ4n) is 7.20. The second-order valence-corrected chi connectivity index (χ2v) is 13.0. The first kappa shape index (κ1) is 36.1. The van der Waals surface area contributed by atoms with E-state index >= 15 is 0 Å². The van der Waals surface area contributed by atoms with Crippen molar-refractivity contribution in [1.82, 2.24) is 19.3 Å². The number of pyridine rings is 1. The summed E-state index contributed by atoms with van der Waals surface area (Å²) < 4.78 is 16.5. The molecular formula is C44H44N4O2Pd. The Bertz CT molecular complexity index is 2300. The maximum atomic E-state index is 6.66. The zero-order valence-corrected chi connectivity index (χ0v) is 31.8. The van der Waals surface area contributed by atoms with Crippen molar-refractivity contribution < 1.29 is 29.9 Å². The number of benzene rings is 4. The van der Waals surface area contributed by atoms with Crippen LogP contribution in [0.2, 0.25) is 0 Å². The standard InChI is InChI=1S/C44H44N4O2.Pd/c1-7-13-31-24-32(48-40(15-9-3)44(38(46-48)14-8-2)43-29(4)16-12-17-30(43)5)26-35(25-31)50-34-20-21-37-36-18-10-11-19-39(36)47(41(37)27-34)42-28-33(49-6)22-23-45-42;/h10-12,16-25,28H,7-9,13-15H2,1-6H3;/q-2;+2. The van der Waals surface area contributed by atoms with E-state index in [0.717, 1.165) is 83.3 Å². The minimum absolute atomic E-state index is 0. The summed E-state index contributed by atoms with van der Waals surface area (Å²) >= 11 is 0. The molecule has 4 aromatic carbocycles. The molecule has 0 radical (unpaired) electrons. The van der Waals surface area contributed by atoms with Crippen molar-refractivity contribution in [3.63, 3.8) is 0 Å². The van der Waals surface area contributed by atoms with Crippen molar-refractivity contribution in [2.75, 3.05) is 7.11 Å². The van der Waals surface area contributed by atoms with E-state index in [9.17, 15) is 0 Å². The Hall–Kier alpha value is -4.70. The van der Waals surface area contributed by atoms with E-state index in [1.165, 1.54) is 33.5 Å². The van der Waals surface area contributed by atoms with E-state index in [0.29, 0.717) is 11.5 Å². The maximum Gasteiger partial charge on any atom is 2.00 e. The Morgan fingerprint density at radius 3 is 2.24 bits per heavy atom. The normalized spacial score (nSPS) is 11.3. The molecule has 3 heterocycles. The van der Waals surface area contributed by atoms with Crippen LogP contribution in [0.3, 0.4) is 0 Å². The molecule has 6 nitrogen and oxygen atoms in total. The molecule has 0 aliphatic rings. The SMILES string of the molecule is CCCc1cc(Oc2[c-]c3c(cc2)c2ccccc2n3-c2cc(OC)ccn2)[c-]c(-n2nc(CCC)c(-c3c(C)cccc3C)c2CCC)c1.[Pd+2]. The molecule has 7 heteroatoms. The van der Waals surface area contributed by atoms with Crippen molar-refractivity contribution in [3.05, 3.63) is 125 Å². The molecular weight excluding hydrogens is 723 g/mol. The summed E-state index contributed by atoms with van der Waals surface area (Å²) in [5, 5.41) is 7.52. The second-order valence-electron chi connectivity index (χ2n) is 13.0. The topological polar surface area (TPSA) is 54.1 Å². The number of aromatic nitrogens is 4. The summed E-state index contributed by atoms with van der Waals surface area (Å²) in [5.74, 6) is 2.75. The van der Waals surface area contributed by atoms with E-state index in [4.69, 9.17) is 19.6 Å². The van der Waals surface area contributed by atoms with Crippen molar-refractivity contribution in [2.24, 2.45) is 0 Å². The molecule has 0 fully saturated rings. The smallest absolute Gasteiger partial charge is 0.509 e. The Balaban J connectivity index is 0.00000448. The van der Waals surface area contributed by atoms with Gasteiger partial charge in [-0.3, -0.25) is 4.68 Å². The van der Waals surface area contributed by atoms with Crippen molar-refractivity contribution in [2.45, 2.75) is 73.1 Å². The minimum atomic E-state index is 0. The minimum Gasteiger partial charge on any atom is -0.509 e. The van der Waals surface area contributed by atoms with Gasteiger partial charge in [-0.1, -0.05) is 88.4 Å². The van der Waals surface area contributed by atoms with Crippen LogP contribution in [0.5, 0.6) is 17.2 Å². The van der Waals surface area contributed by atoms with Crippen LogP contribution in [0.15, 0.2) is 85.1 Å². The predicted octanol–water partition coefficient (Wildman–Crippen LogP) is 10.9. The van der Waals surface area contributed by atoms with Gasteiger partial charge in [0.1, 0.15) is 11.6 Å². The van der Waals surface area contributed by atoms with Crippen LogP contribution in [0.4, 0.5) is 0 Å². The van der Waals surface area contributed by atoms with E-state index in [1.807, 2.05) is 24.3 Å². The van der Waals surface area contributed by atoms with Crippen LogP contribution in [0, 0.1) is 26.0 Å². The third-order valence-corrected chi connectivity index (χ3v) is 9.37. The van der Waals surface area contributed by atoms with Gasteiger partial charge in [0, 0.05) is 40.5 Å². The molecule has 0 aliphatic heterocycles. The summed E-state index contributed by atoms with van der Waals surface area (Å²) in [6.07, 6.45) is 7.57. The molecule has 0 spiro atoms. The molecule has 3 aromatic heterocycles. The van der Waals surface area contributed by atoms with Crippen LogP contribution in [0.1, 0.15) is 68.1 Å². The molecule has 0 saturated heterocycles. The predicted molar refractivity (Wildman–Crippen MR) is 203 cm³/mol. The van der Waals surface area contributed by atoms with Gasteiger partial charge in [-0.25, -0.2) is 4.98 Å². The Morgan fingerprint density at radius 1 is 0.725 bits per heavy atom. The molecule has 0 aliphatic carbocycles. The van der Waals surface area contributed by atoms with Crippen LogP contribution in [-0.2, 0) is 39.7 Å². The Kier molecular flexibility index (Phi) is 11.1. The number of aryl methyl sites for hydroxylation is 4. The Labute approximate surface area is 315 Å². The van der Waals surface area contributed by atoms with Crippen LogP contribution < -0.4 is 9.47 Å². The van der Waals surface area contributed by atoms with Crippen LogP contribution in [-0.4, -0.2) is 26.4 Å². The molecule has 0 saturated carbocycles. The first-order valence-corrected chi connectivity index (χ1v) is 17.8. The largest absolute Gasteiger partial charge is 2.00 e. The van der Waals surface area contributed by atoms with Crippen molar-refractivity contribution in [1.29, 1.82) is 0 Å². The summed E-state index contributed by atoms with van der Waals surface area (Å²) in [7, 11) is 1.67. The number of para-hydroxylation sites is 1. The van der Waals surface area contributed by atoms with Gasteiger partial charge in [-0.2, -0.15) is 16.7 Å². The summed E-state index contributed by atoms with van der Waals surface area (Å²) in [4.78, 5) is 4.71. The van der Waals surface area contributed by atoms with E-state index in [1.54, 1.807) is 13.3 Å². The number of methoxy groups -OCH3 is 1. The zero-order valence-electron chi connectivity index (χ0n) is 30.2. The molecule has 0 N–H and O–H groups in total. The van der Waals surface area contributed by atoms with Gasteiger partial charge in [0.2, 0.25) is 0 Å². The third kappa shape index (κ3) is 6.98. The zero-order chi connectivity index (χ0) is 34.8. The quantitative estimate of drug-likeness (QED) is 0.0918. The van der Waals surface area contributed by atoms with E-state index in [-0.39, 0.29) is 20.4 Å². The third-order valence-electron chi connectivity index (χ3n) is 9.37. The van der Waals surface area contributed by atoms with Crippen molar-refractivity contribution in [3.8, 4) is 39.9 Å². The second kappa shape index (κ2) is 15.7. The molecule has 51 heavy (non-hydrogen) atoms. The van der Waals surface area contributed by atoms with Crippen LogP contribution >= 0.6 is 0 Å². The van der Waals surface area contributed by atoms with Gasteiger partial charge in [0.05, 0.1) is 12.8 Å². The summed E-state index contributed by atoms with van der Waals surface area (Å²) in [5.41, 5.74) is 11.5. The summed E-state index contributed by atoms with van der Waals surface area (Å²) in [6.45, 7) is 11.1. The number of rotatable bonds is 12. The van der Waals surface area contributed by atoms with Crippen molar-refractivity contribution >= 4 is 21.8 Å². The van der Waals surface area contributed by atoms with Gasteiger partial charge in [-0.15, -0.1) is 35.7 Å². The van der Waals surface area contributed by atoms with Gasteiger partial charge < -0.3 is 14.0 Å².